The molecular formula is C17H18ClN3OS2. The van der Waals surface area contributed by atoms with Crippen LogP contribution in [-0.4, -0.2) is 11.0 Å². The second kappa shape index (κ2) is 7.09. The fourth-order valence-electron chi connectivity index (χ4n) is 2.83. The predicted molar refractivity (Wildman–Crippen MR) is 104 cm³/mol. The Morgan fingerprint density at radius 3 is 2.71 bits per heavy atom. The lowest BCUT2D eigenvalue weighted by Crippen LogP contribution is -2.43. The first-order valence-corrected chi connectivity index (χ1v) is 9.30. The Morgan fingerprint density at radius 1 is 1.21 bits per heavy atom. The zero-order valence-corrected chi connectivity index (χ0v) is 15.8. The Hall–Kier alpha value is -1.63. The van der Waals surface area contributed by atoms with Crippen molar-refractivity contribution in [1.82, 2.24) is 10.9 Å². The van der Waals surface area contributed by atoms with E-state index in [1.54, 1.807) is 11.3 Å². The van der Waals surface area contributed by atoms with Gasteiger partial charge in [0.2, 0.25) is 0 Å². The number of hydrogen-bond acceptors (Lipinski definition) is 3. The van der Waals surface area contributed by atoms with Crippen molar-refractivity contribution < 1.29 is 4.79 Å². The van der Waals surface area contributed by atoms with Crippen molar-refractivity contribution in [1.29, 1.82) is 0 Å². The summed E-state index contributed by atoms with van der Waals surface area (Å²) in [7, 11) is 0. The first-order valence-electron chi connectivity index (χ1n) is 7.69. The second-order valence-electron chi connectivity index (χ2n) is 5.88. The monoisotopic (exact) mass is 379 g/mol. The number of halogens is 1. The van der Waals surface area contributed by atoms with E-state index in [-0.39, 0.29) is 5.91 Å². The van der Waals surface area contributed by atoms with E-state index in [0.717, 1.165) is 29.7 Å². The van der Waals surface area contributed by atoms with E-state index in [9.17, 15) is 4.79 Å². The van der Waals surface area contributed by atoms with Gasteiger partial charge in [0.25, 0.3) is 5.91 Å². The van der Waals surface area contributed by atoms with Gasteiger partial charge in [-0.15, -0.1) is 11.3 Å². The summed E-state index contributed by atoms with van der Waals surface area (Å²) in [5, 5.41) is 3.92. The largest absolute Gasteiger partial charge is 0.330 e. The van der Waals surface area contributed by atoms with Gasteiger partial charge in [0.1, 0.15) is 0 Å². The number of aryl methyl sites for hydroxylation is 4. The summed E-state index contributed by atoms with van der Waals surface area (Å²) in [6.07, 6.45) is 3.33. The number of thiocarbonyl (C=S) groups is 1. The molecule has 2 aromatic rings. The number of nitrogens with one attached hydrogen (secondary N) is 3. The molecule has 3 rings (SSSR count). The number of anilines is 1. The highest BCUT2D eigenvalue weighted by atomic mass is 35.5. The van der Waals surface area contributed by atoms with Gasteiger partial charge in [0, 0.05) is 4.88 Å². The molecule has 4 nitrogen and oxygen atoms in total. The van der Waals surface area contributed by atoms with Crippen LogP contribution < -0.4 is 16.2 Å². The van der Waals surface area contributed by atoms with Gasteiger partial charge in [0.05, 0.1) is 15.6 Å². The summed E-state index contributed by atoms with van der Waals surface area (Å²) in [4.78, 5) is 14.2. The average Bonchev–Trinajstić information content (AvgIpc) is 3.09. The van der Waals surface area contributed by atoms with Gasteiger partial charge in [0.15, 0.2) is 5.11 Å². The summed E-state index contributed by atoms with van der Waals surface area (Å²) in [6, 6.07) is 5.86. The highest BCUT2D eigenvalue weighted by Crippen LogP contribution is 2.30. The molecule has 0 aliphatic heterocycles. The molecule has 7 heteroatoms. The van der Waals surface area contributed by atoms with Gasteiger partial charge in [-0.1, -0.05) is 17.7 Å². The number of thiophene rings is 1. The van der Waals surface area contributed by atoms with E-state index in [1.807, 2.05) is 32.0 Å². The van der Waals surface area contributed by atoms with Gasteiger partial charge in [-0.05, 0) is 74.2 Å². The Labute approximate surface area is 155 Å². The first kappa shape index (κ1) is 17.2. The molecule has 0 atom stereocenters. The molecule has 126 valence electrons. The van der Waals surface area contributed by atoms with Crippen molar-refractivity contribution in [2.75, 3.05) is 5.32 Å². The topological polar surface area (TPSA) is 53.2 Å². The molecule has 1 aliphatic rings. The highest BCUT2D eigenvalue weighted by Gasteiger charge is 2.18. The maximum Gasteiger partial charge on any atom is 0.279 e. The number of hydrazine groups is 1. The SMILES string of the molecule is Cc1cc(C)c(NC(=S)NNC(=O)c2cc3c(s2)CCC3)c(Cl)c1. The number of benzene rings is 1. The molecule has 1 amide bonds. The third-order valence-corrected chi connectivity index (χ3v) is 5.67. The summed E-state index contributed by atoms with van der Waals surface area (Å²) in [6.45, 7) is 3.94. The van der Waals surface area contributed by atoms with Crippen LogP contribution in [0.4, 0.5) is 5.69 Å². The van der Waals surface area contributed by atoms with E-state index in [1.165, 1.54) is 16.9 Å². The summed E-state index contributed by atoms with van der Waals surface area (Å²) in [5.41, 5.74) is 9.48. The lowest BCUT2D eigenvalue weighted by molar-refractivity contribution is 0.0948. The Balaban J connectivity index is 1.58. The van der Waals surface area contributed by atoms with Crippen LogP contribution in [0.2, 0.25) is 5.02 Å². The fraction of sp³-hybridized carbons (Fsp3) is 0.294. The van der Waals surface area contributed by atoms with Crippen molar-refractivity contribution in [2.24, 2.45) is 0 Å². The molecule has 1 aromatic carbocycles. The van der Waals surface area contributed by atoms with Gasteiger partial charge in [-0.25, -0.2) is 0 Å². The average molecular weight is 380 g/mol. The summed E-state index contributed by atoms with van der Waals surface area (Å²) in [5.74, 6) is -0.176. The number of rotatable bonds is 2. The van der Waals surface area contributed by atoms with Crippen molar-refractivity contribution in [3.05, 3.63) is 49.7 Å². The molecule has 0 unspecified atom stereocenters. The molecule has 0 saturated heterocycles. The van der Waals surface area contributed by atoms with Gasteiger partial charge in [-0.3, -0.25) is 15.6 Å². The highest BCUT2D eigenvalue weighted by molar-refractivity contribution is 7.80. The lowest BCUT2D eigenvalue weighted by atomic mass is 10.1. The van der Waals surface area contributed by atoms with Crippen LogP contribution in [-0.2, 0) is 12.8 Å². The quantitative estimate of drug-likeness (QED) is 0.542. The Kier molecular flexibility index (Phi) is 5.08. The molecule has 3 N–H and O–H groups in total. The van der Waals surface area contributed by atoms with E-state index in [0.29, 0.717) is 15.0 Å². The maximum atomic E-state index is 12.2. The molecule has 1 heterocycles. The van der Waals surface area contributed by atoms with Crippen molar-refractivity contribution in [3.8, 4) is 0 Å². The van der Waals surface area contributed by atoms with Crippen LogP contribution in [0.1, 0.15) is 37.7 Å². The number of carbonyl (C=O) groups is 1. The van der Waals surface area contributed by atoms with Crippen LogP contribution in [0.15, 0.2) is 18.2 Å². The van der Waals surface area contributed by atoms with Gasteiger partial charge in [-0.2, -0.15) is 0 Å². The third-order valence-electron chi connectivity index (χ3n) is 3.93. The number of carbonyl (C=O) groups excluding carboxylic acids is 1. The van der Waals surface area contributed by atoms with Crippen LogP contribution in [0.3, 0.4) is 0 Å². The molecule has 0 bridgehead atoms. The second-order valence-corrected chi connectivity index (χ2v) is 7.84. The zero-order chi connectivity index (χ0) is 17.3. The standard InChI is InChI=1S/C17H18ClN3OS2/c1-9-6-10(2)15(12(18)7-9)19-17(23)21-20-16(22)14-8-11-4-3-5-13(11)24-14/h6-8H,3-5H2,1-2H3,(H,20,22)(H2,19,21,23). The van der Waals surface area contributed by atoms with E-state index in [2.05, 4.69) is 16.2 Å². The molecule has 1 aliphatic carbocycles. The summed E-state index contributed by atoms with van der Waals surface area (Å²) >= 11 is 13.0. The van der Waals surface area contributed by atoms with E-state index < -0.39 is 0 Å². The maximum absolute atomic E-state index is 12.2. The van der Waals surface area contributed by atoms with E-state index in [4.69, 9.17) is 23.8 Å². The minimum absolute atomic E-state index is 0.176. The van der Waals surface area contributed by atoms with Crippen LogP contribution in [0, 0.1) is 13.8 Å². The normalized spacial score (nSPS) is 12.6. The minimum Gasteiger partial charge on any atom is -0.330 e. The summed E-state index contributed by atoms with van der Waals surface area (Å²) < 4.78 is 0. The molecule has 0 radical (unpaired) electrons. The fourth-order valence-corrected chi connectivity index (χ4v) is 4.51. The molecule has 0 saturated carbocycles. The van der Waals surface area contributed by atoms with Crippen LogP contribution in [0.5, 0.6) is 0 Å². The van der Waals surface area contributed by atoms with Crippen molar-refractivity contribution in [2.45, 2.75) is 33.1 Å². The zero-order valence-electron chi connectivity index (χ0n) is 13.5. The van der Waals surface area contributed by atoms with Crippen LogP contribution in [0.25, 0.3) is 0 Å². The molecule has 0 fully saturated rings. The molecular weight excluding hydrogens is 362 g/mol. The Morgan fingerprint density at radius 2 is 2.00 bits per heavy atom. The van der Waals surface area contributed by atoms with Crippen LogP contribution >= 0.6 is 35.2 Å². The molecule has 1 aromatic heterocycles. The number of amides is 1. The number of fused-ring (bicyclic) bond motifs is 1. The Bertz CT molecular complexity index is 772. The molecule has 24 heavy (non-hydrogen) atoms. The van der Waals surface area contributed by atoms with Gasteiger partial charge < -0.3 is 5.32 Å². The van der Waals surface area contributed by atoms with E-state index >= 15 is 0 Å². The third kappa shape index (κ3) is 3.71. The minimum atomic E-state index is -0.176. The number of hydrogen-bond donors (Lipinski definition) is 3. The lowest BCUT2D eigenvalue weighted by Gasteiger charge is -2.15. The van der Waals surface area contributed by atoms with Crippen molar-refractivity contribution in [3.63, 3.8) is 0 Å². The van der Waals surface area contributed by atoms with Crippen molar-refractivity contribution >= 4 is 51.9 Å². The predicted octanol–water partition coefficient (Wildman–Crippen LogP) is 4.14. The van der Waals surface area contributed by atoms with Gasteiger partial charge >= 0.3 is 0 Å². The smallest absolute Gasteiger partial charge is 0.279 e. The first-order chi connectivity index (χ1) is 11.4. The molecule has 0 spiro atoms.